The van der Waals surface area contributed by atoms with Gasteiger partial charge in [-0.1, -0.05) is 25.5 Å². The Morgan fingerprint density at radius 3 is 2.95 bits per heavy atom. The Hall–Kier alpha value is -1.75. The van der Waals surface area contributed by atoms with Crippen molar-refractivity contribution in [2.75, 3.05) is 6.61 Å². The normalized spacial score (nSPS) is 10.4. The Morgan fingerprint density at radius 2 is 2.24 bits per heavy atom. The van der Waals surface area contributed by atoms with E-state index < -0.39 is 0 Å². The maximum Gasteiger partial charge on any atom is 0.254 e. The van der Waals surface area contributed by atoms with Crippen LogP contribution in [-0.2, 0) is 6.54 Å². The minimum absolute atomic E-state index is 0.165. The number of amides is 1. The summed E-state index contributed by atoms with van der Waals surface area (Å²) < 4.78 is 11.2. The fourth-order valence-electron chi connectivity index (χ4n) is 1.79. The highest BCUT2D eigenvalue weighted by Gasteiger charge is 2.08. The fourth-order valence-corrected chi connectivity index (χ4v) is 2.13. The van der Waals surface area contributed by atoms with Crippen molar-refractivity contribution in [3.63, 3.8) is 0 Å². The SMILES string of the molecule is CCCCOc1cccc(CNC(=O)c2coc(Br)c2)c1. The highest BCUT2D eigenvalue weighted by molar-refractivity contribution is 9.10. The zero-order valence-electron chi connectivity index (χ0n) is 11.9. The maximum absolute atomic E-state index is 11.9. The molecular weight excluding hydrogens is 334 g/mol. The number of unbranched alkanes of at least 4 members (excludes halogenated alkanes) is 1. The van der Waals surface area contributed by atoms with Crippen molar-refractivity contribution >= 4 is 21.8 Å². The van der Waals surface area contributed by atoms with Gasteiger partial charge in [0.1, 0.15) is 12.0 Å². The van der Waals surface area contributed by atoms with E-state index in [9.17, 15) is 4.79 Å². The first kappa shape index (κ1) is 15.6. The lowest BCUT2D eigenvalue weighted by molar-refractivity contribution is 0.0950. The predicted octanol–water partition coefficient (Wildman–Crippen LogP) is 4.15. The molecule has 0 saturated heterocycles. The van der Waals surface area contributed by atoms with E-state index in [0.717, 1.165) is 30.8 Å². The quantitative estimate of drug-likeness (QED) is 0.762. The van der Waals surface area contributed by atoms with Crippen LogP contribution >= 0.6 is 15.9 Å². The second kappa shape index (κ2) is 7.88. The van der Waals surface area contributed by atoms with Gasteiger partial charge in [-0.25, -0.2) is 0 Å². The van der Waals surface area contributed by atoms with Crippen molar-refractivity contribution in [1.29, 1.82) is 0 Å². The first-order valence-corrected chi connectivity index (χ1v) is 7.72. The minimum Gasteiger partial charge on any atom is -0.494 e. The van der Waals surface area contributed by atoms with Crippen molar-refractivity contribution < 1.29 is 13.9 Å². The molecule has 0 aliphatic heterocycles. The molecule has 0 radical (unpaired) electrons. The molecule has 112 valence electrons. The average Bonchev–Trinajstić information content (AvgIpc) is 2.92. The molecule has 0 unspecified atom stereocenters. The number of hydrogen-bond acceptors (Lipinski definition) is 3. The van der Waals surface area contributed by atoms with Gasteiger partial charge in [0.2, 0.25) is 0 Å². The first-order chi connectivity index (χ1) is 10.2. The number of rotatable bonds is 7. The highest BCUT2D eigenvalue weighted by Crippen LogP contribution is 2.15. The van der Waals surface area contributed by atoms with Crippen LogP contribution in [0.1, 0.15) is 35.7 Å². The van der Waals surface area contributed by atoms with E-state index in [1.807, 2.05) is 24.3 Å². The van der Waals surface area contributed by atoms with E-state index in [1.165, 1.54) is 6.26 Å². The van der Waals surface area contributed by atoms with Crippen LogP contribution in [0.4, 0.5) is 0 Å². The van der Waals surface area contributed by atoms with Crippen molar-refractivity contribution in [2.24, 2.45) is 0 Å². The van der Waals surface area contributed by atoms with Crippen molar-refractivity contribution in [1.82, 2.24) is 5.32 Å². The molecule has 0 bridgehead atoms. The third-order valence-corrected chi connectivity index (χ3v) is 3.36. The van der Waals surface area contributed by atoms with Crippen LogP contribution in [0.25, 0.3) is 0 Å². The van der Waals surface area contributed by atoms with E-state index in [1.54, 1.807) is 6.07 Å². The van der Waals surface area contributed by atoms with Crippen LogP contribution < -0.4 is 10.1 Å². The fraction of sp³-hybridized carbons (Fsp3) is 0.312. The summed E-state index contributed by atoms with van der Waals surface area (Å²) in [5, 5.41) is 2.85. The molecule has 21 heavy (non-hydrogen) atoms. The number of benzene rings is 1. The van der Waals surface area contributed by atoms with Gasteiger partial charge in [-0.3, -0.25) is 4.79 Å². The Bertz CT molecular complexity index is 595. The molecule has 0 spiro atoms. The van der Waals surface area contributed by atoms with Crippen LogP contribution in [0.5, 0.6) is 5.75 Å². The number of furan rings is 1. The number of carbonyl (C=O) groups excluding carboxylic acids is 1. The lowest BCUT2D eigenvalue weighted by Crippen LogP contribution is -2.22. The van der Waals surface area contributed by atoms with Crippen molar-refractivity contribution in [3.8, 4) is 5.75 Å². The number of nitrogens with one attached hydrogen (secondary N) is 1. The van der Waals surface area contributed by atoms with Gasteiger partial charge in [0.25, 0.3) is 5.91 Å². The second-order valence-corrected chi connectivity index (χ2v) is 5.45. The average molecular weight is 352 g/mol. The summed E-state index contributed by atoms with van der Waals surface area (Å²) >= 11 is 3.17. The highest BCUT2D eigenvalue weighted by atomic mass is 79.9. The molecule has 0 fully saturated rings. The summed E-state index contributed by atoms with van der Waals surface area (Å²) in [7, 11) is 0. The molecule has 1 N–H and O–H groups in total. The van der Waals surface area contributed by atoms with Crippen LogP contribution in [0.2, 0.25) is 0 Å². The molecule has 0 atom stereocenters. The van der Waals surface area contributed by atoms with Gasteiger partial charge in [0.05, 0.1) is 12.2 Å². The summed E-state index contributed by atoms with van der Waals surface area (Å²) in [5.74, 6) is 0.669. The molecule has 5 heteroatoms. The second-order valence-electron chi connectivity index (χ2n) is 4.67. The molecule has 2 rings (SSSR count). The maximum atomic E-state index is 11.9. The number of ether oxygens (including phenoxy) is 1. The lowest BCUT2D eigenvalue weighted by atomic mass is 10.2. The standard InChI is InChI=1S/C16H18BrNO3/c1-2-3-7-20-14-6-4-5-12(8-14)10-18-16(19)13-9-15(17)21-11-13/h4-6,8-9,11H,2-3,7,10H2,1H3,(H,18,19). The summed E-state index contributed by atoms with van der Waals surface area (Å²) in [6.45, 7) is 3.30. The van der Waals surface area contributed by atoms with Crippen LogP contribution in [0.15, 0.2) is 45.7 Å². The molecule has 2 aromatic rings. The number of halogens is 1. The smallest absolute Gasteiger partial charge is 0.254 e. The van der Waals surface area contributed by atoms with Crippen LogP contribution in [-0.4, -0.2) is 12.5 Å². The van der Waals surface area contributed by atoms with E-state index in [4.69, 9.17) is 9.15 Å². The zero-order valence-corrected chi connectivity index (χ0v) is 13.5. The van der Waals surface area contributed by atoms with Gasteiger partial charge in [0.15, 0.2) is 4.67 Å². The Balaban J connectivity index is 1.88. The molecule has 1 heterocycles. The van der Waals surface area contributed by atoms with E-state index in [0.29, 0.717) is 16.8 Å². The summed E-state index contributed by atoms with van der Waals surface area (Å²) in [6, 6.07) is 9.39. The third kappa shape index (κ3) is 4.93. The van der Waals surface area contributed by atoms with Gasteiger partial charge in [-0.15, -0.1) is 0 Å². The molecule has 4 nitrogen and oxygen atoms in total. The molecule has 1 aromatic heterocycles. The molecule has 1 aromatic carbocycles. The van der Waals surface area contributed by atoms with Gasteiger partial charge in [-0.2, -0.15) is 0 Å². The lowest BCUT2D eigenvalue weighted by Gasteiger charge is -2.08. The number of hydrogen-bond donors (Lipinski definition) is 1. The molecule has 0 aliphatic rings. The zero-order chi connectivity index (χ0) is 15.1. The van der Waals surface area contributed by atoms with Gasteiger partial charge in [-0.05, 0) is 40.0 Å². The Morgan fingerprint density at radius 1 is 1.38 bits per heavy atom. The Kier molecular flexibility index (Phi) is 5.87. The monoisotopic (exact) mass is 351 g/mol. The first-order valence-electron chi connectivity index (χ1n) is 6.93. The summed E-state index contributed by atoms with van der Waals surface area (Å²) in [5.41, 5.74) is 1.50. The molecule has 0 saturated carbocycles. The predicted molar refractivity (Wildman–Crippen MR) is 84.4 cm³/mol. The van der Waals surface area contributed by atoms with Gasteiger partial charge < -0.3 is 14.5 Å². The van der Waals surface area contributed by atoms with E-state index in [2.05, 4.69) is 28.2 Å². The van der Waals surface area contributed by atoms with Crippen LogP contribution in [0, 0.1) is 0 Å². The number of carbonyl (C=O) groups is 1. The minimum atomic E-state index is -0.165. The van der Waals surface area contributed by atoms with E-state index >= 15 is 0 Å². The largest absolute Gasteiger partial charge is 0.494 e. The van der Waals surface area contributed by atoms with Crippen LogP contribution in [0.3, 0.4) is 0 Å². The summed E-state index contributed by atoms with van der Waals surface area (Å²) in [4.78, 5) is 11.9. The van der Waals surface area contributed by atoms with E-state index in [-0.39, 0.29) is 5.91 Å². The van der Waals surface area contributed by atoms with Crippen molar-refractivity contribution in [3.05, 3.63) is 52.4 Å². The molecule has 0 aliphatic carbocycles. The Labute approximate surface area is 132 Å². The topological polar surface area (TPSA) is 51.5 Å². The third-order valence-electron chi connectivity index (χ3n) is 2.95. The van der Waals surface area contributed by atoms with Gasteiger partial charge in [0, 0.05) is 12.6 Å². The van der Waals surface area contributed by atoms with Gasteiger partial charge >= 0.3 is 0 Å². The van der Waals surface area contributed by atoms with Crippen molar-refractivity contribution in [2.45, 2.75) is 26.3 Å². The summed E-state index contributed by atoms with van der Waals surface area (Å²) in [6.07, 6.45) is 3.57. The molecule has 1 amide bonds. The molecular formula is C16H18BrNO3.